The third kappa shape index (κ3) is 2.43. The van der Waals surface area contributed by atoms with Gasteiger partial charge in [0, 0.05) is 37.5 Å². The minimum absolute atomic E-state index is 0.0330. The van der Waals surface area contributed by atoms with Crippen molar-refractivity contribution in [2.45, 2.75) is 19.0 Å². The maximum absolute atomic E-state index is 11.3. The van der Waals surface area contributed by atoms with Crippen LogP contribution in [0.4, 0.5) is 0 Å². The van der Waals surface area contributed by atoms with Gasteiger partial charge in [-0.05, 0) is 12.5 Å². The summed E-state index contributed by atoms with van der Waals surface area (Å²) in [5.74, 6) is 0.358. The summed E-state index contributed by atoms with van der Waals surface area (Å²) in [6.45, 7) is 2.00. The Morgan fingerprint density at radius 3 is 3.27 bits per heavy atom. The fourth-order valence-electron chi connectivity index (χ4n) is 1.79. The van der Waals surface area contributed by atoms with Crippen LogP contribution in [0.2, 0.25) is 0 Å². The smallest absolute Gasteiger partial charge is 0.347 e. The van der Waals surface area contributed by atoms with Gasteiger partial charge in [-0.25, -0.2) is 9.78 Å². The van der Waals surface area contributed by atoms with Crippen LogP contribution in [0.15, 0.2) is 23.3 Å². The second-order valence-electron chi connectivity index (χ2n) is 3.84. The van der Waals surface area contributed by atoms with E-state index in [2.05, 4.69) is 4.98 Å². The van der Waals surface area contributed by atoms with Gasteiger partial charge in [-0.1, -0.05) is 0 Å². The summed E-state index contributed by atoms with van der Waals surface area (Å²) in [6.07, 6.45) is 4.18. The number of hydrogen-bond acceptors (Lipinski definition) is 4. The molecule has 1 saturated heterocycles. The molecule has 15 heavy (non-hydrogen) atoms. The Labute approximate surface area is 87.9 Å². The molecule has 0 radical (unpaired) electrons. The quantitative estimate of drug-likeness (QED) is 0.736. The van der Waals surface area contributed by atoms with Crippen molar-refractivity contribution in [2.24, 2.45) is 11.7 Å². The van der Waals surface area contributed by atoms with Crippen molar-refractivity contribution in [2.75, 3.05) is 13.2 Å². The number of hydrogen-bond donors (Lipinski definition) is 1. The zero-order valence-electron chi connectivity index (χ0n) is 8.50. The highest BCUT2D eigenvalue weighted by Gasteiger charge is 2.23. The van der Waals surface area contributed by atoms with Crippen molar-refractivity contribution < 1.29 is 4.74 Å². The van der Waals surface area contributed by atoms with Crippen molar-refractivity contribution in [1.29, 1.82) is 0 Å². The van der Waals surface area contributed by atoms with Gasteiger partial charge in [0.25, 0.3) is 0 Å². The summed E-state index contributed by atoms with van der Waals surface area (Å²) in [4.78, 5) is 15.0. The minimum Gasteiger partial charge on any atom is -0.381 e. The molecule has 2 atom stereocenters. The molecule has 0 saturated carbocycles. The predicted molar refractivity (Wildman–Crippen MR) is 55.4 cm³/mol. The Kier molecular flexibility index (Phi) is 3.13. The van der Waals surface area contributed by atoms with Gasteiger partial charge in [0.2, 0.25) is 0 Å². The molecule has 0 bridgehead atoms. The molecule has 1 aliphatic rings. The summed E-state index contributed by atoms with van der Waals surface area (Å²) in [5, 5.41) is 0. The van der Waals surface area contributed by atoms with Gasteiger partial charge in [0.05, 0.1) is 6.61 Å². The average Bonchev–Trinajstić information content (AvgIpc) is 2.74. The van der Waals surface area contributed by atoms with Crippen LogP contribution in [0, 0.1) is 5.92 Å². The lowest BCUT2D eigenvalue weighted by molar-refractivity contribution is 0.178. The summed E-state index contributed by atoms with van der Waals surface area (Å²) >= 11 is 0. The number of nitrogens with two attached hydrogens (primary N) is 1. The Hall–Kier alpha value is -1.20. The molecule has 1 aliphatic heterocycles. The molecular formula is C10H15N3O2. The largest absolute Gasteiger partial charge is 0.381 e. The third-order valence-electron chi connectivity index (χ3n) is 2.76. The number of ether oxygens (including phenoxy) is 1. The van der Waals surface area contributed by atoms with Gasteiger partial charge in [0.1, 0.15) is 0 Å². The summed E-state index contributed by atoms with van der Waals surface area (Å²) in [5.41, 5.74) is 5.77. The van der Waals surface area contributed by atoms with E-state index in [-0.39, 0.29) is 11.7 Å². The first kappa shape index (κ1) is 10.3. The van der Waals surface area contributed by atoms with Crippen LogP contribution in [-0.2, 0) is 11.3 Å². The summed E-state index contributed by atoms with van der Waals surface area (Å²) < 4.78 is 6.81. The van der Waals surface area contributed by atoms with Gasteiger partial charge < -0.3 is 10.5 Å². The zero-order chi connectivity index (χ0) is 10.7. The van der Waals surface area contributed by atoms with E-state index < -0.39 is 0 Å². The fraction of sp³-hybridized carbons (Fsp3) is 0.600. The van der Waals surface area contributed by atoms with Gasteiger partial charge in [-0.2, -0.15) is 0 Å². The normalized spacial score (nSPS) is 22.9. The van der Waals surface area contributed by atoms with E-state index in [9.17, 15) is 4.79 Å². The van der Waals surface area contributed by atoms with Crippen molar-refractivity contribution >= 4 is 0 Å². The van der Waals surface area contributed by atoms with Crippen LogP contribution in [0.3, 0.4) is 0 Å². The van der Waals surface area contributed by atoms with E-state index in [1.54, 1.807) is 16.8 Å². The number of rotatable bonds is 3. The molecule has 2 N–H and O–H groups in total. The first-order valence-electron chi connectivity index (χ1n) is 5.12. The highest BCUT2D eigenvalue weighted by Crippen LogP contribution is 2.15. The zero-order valence-corrected chi connectivity index (χ0v) is 8.50. The predicted octanol–water partition coefficient (Wildman–Crippen LogP) is -0.393. The van der Waals surface area contributed by atoms with Gasteiger partial charge >= 0.3 is 5.69 Å². The van der Waals surface area contributed by atoms with Crippen molar-refractivity contribution in [3.63, 3.8) is 0 Å². The highest BCUT2D eigenvalue weighted by molar-refractivity contribution is 4.84. The van der Waals surface area contributed by atoms with Crippen LogP contribution in [0.5, 0.6) is 0 Å². The molecule has 2 unspecified atom stereocenters. The molecule has 1 aromatic heterocycles. The highest BCUT2D eigenvalue weighted by atomic mass is 16.5. The molecule has 0 aromatic carbocycles. The molecule has 82 valence electrons. The molecule has 1 aromatic rings. The van der Waals surface area contributed by atoms with E-state index in [1.165, 1.54) is 6.20 Å². The lowest BCUT2D eigenvalue weighted by Crippen LogP contribution is -2.38. The van der Waals surface area contributed by atoms with E-state index >= 15 is 0 Å². The number of aromatic nitrogens is 2. The lowest BCUT2D eigenvalue weighted by atomic mass is 10.00. The molecule has 5 nitrogen and oxygen atoms in total. The molecule has 2 heterocycles. The SMILES string of the molecule is NC(Cn1cccnc1=O)C1CCOC1. The van der Waals surface area contributed by atoms with Crippen molar-refractivity contribution in [1.82, 2.24) is 9.55 Å². The number of nitrogens with zero attached hydrogens (tertiary/aromatic N) is 2. The van der Waals surface area contributed by atoms with Crippen LogP contribution >= 0.6 is 0 Å². The standard InChI is InChI=1S/C10H15N3O2/c11-9(8-2-5-15-7-8)6-13-4-1-3-12-10(13)14/h1,3-4,8-9H,2,5-7,11H2. The molecule has 0 amide bonds. The van der Waals surface area contributed by atoms with E-state index in [0.717, 1.165) is 13.0 Å². The fourth-order valence-corrected chi connectivity index (χ4v) is 1.79. The summed E-state index contributed by atoms with van der Waals surface area (Å²) in [6, 6.07) is 1.70. The van der Waals surface area contributed by atoms with Crippen molar-refractivity contribution in [3.8, 4) is 0 Å². The van der Waals surface area contributed by atoms with E-state index in [0.29, 0.717) is 19.1 Å². The molecule has 0 aliphatic carbocycles. The molecule has 0 spiro atoms. The Morgan fingerprint density at radius 2 is 2.60 bits per heavy atom. The maximum Gasteiger partial charge on any atom is 0.347 e. The minimum atomic E-state index is -0.244. The van der Waals surface area contributed by atoms with E-state index in [4.69, 9.17) is 10.5 Å². The first-order valence-corrected chi connectivity index (χ1v) is 5.12. The van der Waals surface area contributed by atoms with Crippen LogP contribution < -0.4 is 11.4 Å². The Morgan fingerprint density at radius 1 is 1.73 bits per heavy atom. The average molecular weight is 209 g/mol. The van der Waals surface area contributed by atoms with Gasteiger partial charge in [0.15, 0.2) is 0 Å². The molecule has 2 rings (SSSR count). The van der Waals surface area contributed by atoms with Gasteiger partial charge in [-0.3, -0.25) is 4.57 Å². The second-order valence-corrected chi connectivity index (χ2v) is 3.84. The molecule has 1 fully saturated rings. The maximum atomic E-state index is 11.3. The lowest BCUT2D eigenvalue weighted by Gasteiger charge is -2.18. The van der Waals surface area contributed by atoms with Gasteiger partial charge in [-0.15, -0.1) is 0 Å². The second kappa shape index (κ2) is 4.55. The van der Waals surface area contributed by atoms with Crippen LogP contribution in [0.25, 0.3) is 0 Å². The Bertz CT molecular complexity index is 371. The van der Waals surface area contributed by atoms with Crippen molar-refractivity contribution in [3.05, 3.63) is 28.9 Å². The van der Waals surface area contributed by atoms with Crippen LogP contribution in [-0.4, -0.2) is 28.8 Å². The van der Waals surface area contributed by atoms with E-state index in [1.807, 2.05) is 0 Å². The van der Waals surface area contributed by atoms with Crippen LogP contribution in [0.1, 0.15) is 6.42 Å². The first-order chi connectivity index (χ1) is 7.27. The molecular weight excluding hydrogens is 194 g/mol. The third-order valence-corrected chi connectivity index (χ3v) is 2.76. The monoisotopic (exact) mass is 209 g/mol. The Balaban J connectivity index is 2.02. The molecule has 5 heteroatoms. The topological polar surface area (TPSA) is 70.1 Å². The summed E-state index contributed by atoms with van der Waals surface area (Å²) in [7, 11) is 0.